The van der Waals surface area contributed by atoms with E-state index in [1.165, 1.54) is 0 Å². The van der Waals surface area contributed by atoms with Crippen molar-refractivity contribution in [1.82, 2.24) is 15.1 Å². The molecule has 0 aromatic carbocycles. The Bertz CT molecular complexity index is 328. The molecule has 2 fully saturated rings. The van der Waals surface area contributed by atoms with Crippen LogP contribution in [0, 0.1) is 5.92 Å². The first kappa shape index (κ1) is 12.6. The van der Waals surface area contributed by atoms with Crippen LogP contribution in [0.3, 0.4) is 0 Å². The van der Waals surface area contributed by atoms with Gasteiger partial charge in [0, 0.05) is 38.3 Å². The van der Waals surface area contributed by atoms with E-state index in [1.54, 1.807) is 19.0 Å². The Hall–Kier alpha value is -0.810. The summed E-state index contributed by atoms with van der Waals surface area (Å²) in [7, 11) is 5.59. The van der Waals surface area contributed by atoms with Gasteiger partial charge in [0.15, 0.2) is 0 Å². The summed E-state index contributed by atoms with van der Waals surface area (Å²) in [5, 5.41) is 3.43. The van der Waals surface area contributed by atoms with Gasteiger partial charge in [0.1, 0.15) is 0 Å². The molecule has 3 atom stereocenters. The number of nitrogens with zero attached hydrogens (tertiary/aromatic N) is 2. The Morgan fingerprint density at radius 1 is 1.53 bits per heavy atom. The molecule has 2 amide bonds. The Balaban J connectivity index is 2.14. The number of urea groups is 1. The van der Waals surface area contributed by atoms with Gasteiger partial charge >= 0.3 is 6.03 Å². The summed E-state index contributed by atoms with van der Waals surface area (Å²) < 4.78 is 0. The summed E-state index contributed by atoms with van der Waals surface area (Å²) >= 11 is 0. The Morgan fingerprint density at radius 2 is 2.18 bits per heavy atom. The van der Waals surface area contributed by atoms with Gasteiger partial charge in [-0.3, -0.25) is 0 Å². The maximum absolute atomic E-state index is 12.0. The summed E-state index contributed by atoms with van der Waals surface area (Å²) in [5.41, 5.74) is 6.18. The van der Waals surface area contributed by atoms with E-state index in [-0.39, 0.29) is 17.1 Å². The average Bonchev–Trinajstić information content (AvgIpc) is 2.65. The zero-order valence-electron chi connectivity index (χ0n) is 11.3. The van der Waals surface area contributed by atoms with E-state index in [1.807, 2.05) is 11.9 Å². The minimum atomic E-state index is -0.0963. The van der Waals surface area contributed by atoms with Crippen molar-refractivity contribution in [2.24, 2.45) is 11.7 Å². The molecule has 0 aromatic heterocycles. The molecule has 17 heavy (non-hydrogen) atoms. The van der Waals surface area contributed by atoms with Gasteiger partial charge in [-0.1, -0.05) is 0 Å². The second kappa shape index (κ2) is 3.85. The van der Waals surface area contributed by atoms with Crippen LogP contribution in [0.5, 0.6) is 0 Å². The standard InChI is InChI=1S/C12H24N4O/c1-11(13)5-9-6-16(10(17)15(3)4)8-12(9,7-11)14-2/h9,14H,5-8,13H2,1-4H3/t9-,11-,12-/m1/s1. The SMILES string of the molecule is CN[C@]12CN(C(=O)N(C)C)C[C@H]1C[C@@](C)(N)C2. The number of carbonyl (C=O) groups is 1. The Labute approximate surface area is 103 Å². The van der Waals surface area contributed by atoms with Crippen molar-refractivity contribution in [2.45, 2.75) is 30.8 Å². The molecule has 2 aliphatic rings. The monoisotopic (exact) mass is 240 g/mol. The van der Waals surface area contributed by atoms with Crippen LogP contribution in [0.25, 0.3) is 0 Å². The normalized spacial score (nSPS) is 40.5. The molecule has 0 aromatic rings. The number of likely N-dealkylation sites (tertiary alicyclic amines) is 1. The van der Waals surface area contributed by atoms with Crippen LogP contribution in [-0.4, -0.2) is 61.1 Å². The van der Waals surface area contributed by atoms with Crippen molar-refractivity contribution in [3.05, 3.63) is 0 Å². The van der Waals surface area contributed by atoms with Gasteiger partial charge < -0.3 is 20.9 Å². The lowest BCUT2D eigenvalue weighted by molar-refractivity contribution is 0.174. The van der Waals surface area contributed by atoms with E-state index in [0.29, 0.717) is 5.92 Å². The predicted octanol–water partition coefficient (Wildman–Crippen LogP) is 0.0692. The van der Waals surface area contributed by atoms with Crippen LogP contribution in [-0.2, 0) is 0 Å². The van der Waals surface area contributed by atoms with Crippen molar-refractivity contribution in [3.63, 3.8) is 0 Å². The summed E-state index contributed by atoms with van der Waals surface area (Å²) in [6.45, 7) is 3.71. The molecule has 1 heterocycles. The number of carbonyl (C=O) groups excluding carboxylic acids is 1. The lowest BCUT2D eigenvalue weighted by Crippen LogP contribution is -2.51. The molecule has 3 N–H and O–H groups in total. The minimum absolute atomic E-state index is 0.0230. The van der Waals surface area contributed by atoms with Gasteiger partial charge in [-0.25, -0.2) is 4.79 Å². The Kier molecular flexibility index (Phi) is 2.86. The number of nitrogens with one attached hydrogen (secondary N) is 1. The largest absolute Gasteiger partial charge is 0.331 e. The fraction of sp³-hybridized carbons (Fsp3) is 0.917. The van der Waals surface area contributed by atoms with Gasteiger partial charge in [0.25, 0.3) is 0 Å². The highest BCUT2D eigenvalue weighted by molar-refractivity contribution is 5.74. The predicted molar refractivity (Wildman–Crippen MR) is 67.8 cm³/mol. The van der Waals surface area contributed by atoms with Crippen molar-refractivity contribution in [1.29, 1.82) is 0 Å². The van der Waals surface area contributed by atoms with E-state index >= 15 is 0 Å². The molecular weight excluding hydrogens is 216 g/mol. The topological polar surface area (TPSA) is 61.6 Å². The van der Waals surface area contributed by atoms with Crippen molar-refractivity contribution in [3.8, 4) is 0 Å². The maximum atomic E-state index is 12.0. The van der Waals surface area contributed by atoms with Crippen molar-refractivity contribution < 1.29 is 4.79 Å². The molecule has 0 unspecified atom stereocenters. The Morgan fingerprint density at radius 3 is 2.65 bits per heavy atom. The molecule has 1 aliphatic heterocycles. The maximum Gasteiger partial charge on any atom is 0.319 e. The molecule has 1 aliphatic carbocycles. The molecule has 1 saturated heterocycles. The third-order valence-corrected chi connectivity index (χ3v) is 4.28. The van der Waals surface area contributed by atoms with Gasteiger partial charge in [-0.15, -0.1) is 0 Å². The van der Waals surface area contributed by atoms with Gasteiger partial charge in [-0.2, -0.15) is 0 Å². The zero-order chi connectivity index (χ0) is 12.8. The van der Waals surface area contributed by atoms with Crippen LogP contribution < -0.4 is 11.1 Å². The van der Waals surface area contributed by atoms with Gasteiger partial charge in [0.05, 0.1) is 0 Å². The van der Waals surface area contributed by atoms with Crippen LogP contribution in [0.15, 0.2) is 0 Å². The number of rotatable bonds is 1. The highest BCUT2D eigenvalue weighted by Crippen LogP contribution is 2.45. The van der Waals surface area contributed by atoms with E-state index < -0.39 is 0 Å². The molecule has 0 spiro atoms. The number of likely N-dealkylation sites (N-methyl/N-ethyl adjacent to an activating group) is 1. The van der Waals surface area contributed by atoms with Crippen LogP contribution >= 0.6 is 0 Å². The average molecular weight is 240 g/mol. The second-order valence-electron chi connectivity index (χ2n) is 6.20. The van der Waals surface area contributed by atoms with E-state index in [0.717, 1.165) is 25.9 Å². The molecule has 0 bridgehead atoms. The minimum Gasteiger partial charge on any atom is -0.331 e. The second-order valence-corrected chi connectivity index (χ2v) is 6.20. The number of amides is 2. The molecule has 0 radical (unpaired) electrons. The molecule has 2 rings (SSSR count). The molecule has 1 saturated carbocycles. The smallest absolute Gasteiger partial charge is 0.319 e. The third-order valence-electron chi connectivity index (χ3n) is 4.28. The van der Waals surface area contributed by atoms with E-state index in [4.69, 9.17) is 5.73 Å². The van der Waals surface area contributed by atoms with Gasteiger partial charge in [-0.05, 0) is 32.7 Å². The fourth-order valence-corrected chi connectivity index (χ4v) is 3.59. The highest BCUT2D eigenvalue weighted by Gasteiger charge is 2.56. The highest BCUT2D eigenvalue weighted by atomic mass is 16.2. The van der Waals surface area contributed by atoms with Crippen LogP contribution in [0.4, 0.5) is 4.79 Å². The summed E-state index contributed by atoms with van der Waals surface area (Å²) in [4.78, 5) is 15.6. The van der Waals surface area contributed by atoms with E-state index in [9.17, 15) is 4.79 Å². The first-order chi connectivity index (χ1) is 7.80. The summed E-state index contributed by atoms with van der Waals surface area (Å²) in [6, 6.07) is 0.104. The molecular formula is C12H24N4O. The lowest BCUT2D eigenvalue weighted by atomic mass is 9.90. The number of fused-ring (bicyclic) bond motifs is 1. The first-order valence-electron chi connectivity index (χ1n) is 6.24. The van der Waals surface area contributed by atoms with Gasteiger partial charge in [0.2, 0.25) is 0 Å². The van der Waals surface area contributed by atoms with E-state index in [2.05, 4.69) is 12.2 Å². The quantitative estimate of drug-likeness (QED) is 0.682. The number of hydrogen-bond acceptors (Lipinski definition) is 3. The van der Waals surface area contributed by atoms with Crippen molar-refractivity contribution >= 4 is 6.03 Å². The van der Waals surface area contributed by atoms with Crippen molar-refractivity contribution in [2.75, 3.05) is 34.2 Å². The molecule has 5 nitrogen and oxygen atoms in total. The third kappa shape index (κ3) is 2.02. The number of nitrogens with two attached hydrogens (primary N) is 1. The summed E-state index contributed by atoms with van der Waals surface area (Å²) in [6.07, 6.45) is 1.93. The van der Waals surface area contributed by atoms with Crippen LogP contribution in [0.2, 0.25) is 0 Å². The first-order valence-corrected chi connectivity index (χ1v) is 6.24. The fourth-order valence-electron chi connectivity index (χ4n) is 3.59. The lowest BCUT2D eigenvalue weighted by Gasteiger charge is -2.31. The molecule has 5 heteroatoms. The zero-order valence-corrected chi connectivity index (χ0v) is 11.3. The summed E-state index contributed by atoms with van der Waals surface area (Å²) in [5.74, 6) is 0.478. The number of hydrogen-bond donors (Lipinski definition) is 2. The van der Waals surface area contributed by atoms with Crippen LogP contribution in [0.1, 0.15) is 19.8 Å². The molecule has 98 valence electrons.